The quantitative estimate of drug-likeness (QED) is 0.362. The summed E-state index contributed by atoms with van der Waals surface area (Å²) in [7, 11) is 1.70. The minimum Gasteiger partial charge on any atom is -0.480 e. The molecule has 0 bridgehead atoms. The maximum absolute atomic E-state index is 10.8. The lowest BCUT2D eigenvalue weighted by Crippen LogP contribution is -2.23. The monoisotopic (exact) mass is 437 g/mol. The van der Waals surface area contributed by atoms with Gasteiger partial charge in [-0.25, -0.2) is 9.98 Å². The second kappa shape index (κ2) is 11.4. The summed E-state index contributed by atoms with van der Waals surface area (Å²) in [6.07, 6.45) is 2.34. The molecule has 0 saturated heterocycles. The number of aromatic nitrogens is 1. The third kappa shape index (κ3) is 7.03. The van der Waals surface area contributed by atoms with Gasteiger partial charge in [0.2, 0.25) is 0 Å². The lowest BCUT2D eigenvalue weighted by atomic mass is 10.0. The van der Waals surface area contributed by atoms with Crippen LogP contribution in [0.2, 0.25) is 0 Å². The number of thiazole rings is 1. The maximum Gasteiger partial charge on any atom is 0.323 e. The number of hydrogen-bond donors (Lipinski definition) is 1. The second-order valence-electron chi connectivity index (χ2n) is 7.29. The number of rotatable bonds is 7. The van der Waals surface area contributed by atoms with E-state index in [1.165, 1.54) is 11.1 Å². The fraction of sp³-hybridized carbons (Fsp3) is 0.320. The van der Waals surface area contributed by atoms with Gasteiger partial charge in [0.25, 0.3) is 0 Å². The maximum atomic E-state index is 10.8. The highest BCUT2D eigenvalue weighted by Crippen LogP contribution is 2.28. The predicted molar refractivity (Wildman–Crippen MR) is 131 cm³/mol. The van der Waals surface area contributed by atoms with Crippen molar-refractivity contribution in [2.75, 3.05) is 13.6 Å². The number of benzene rings is 2. The summed E-state index contributed by atoms with van der Waals surface area (Å²) in [6.45, 7) is 10.1. The van der Waals surface area contributed by atoms with E-state index < -0.39 is 5.97 Å². The second-order valence-corrected chi connectivity index (χ2v) is 8.23. The summed E-state index contributed by atoms with van der Waals surface area (Å²) < 4.78 is 0. The lowest BCUT2D eigenvalue weighted by Gasteiger charge is -2.11. The number of aryl methyl sites for hydroxylation is 3. The van der Waals surface area contributed by atoms with Crippen LogP contribution in [-0.2, 0) is 11.2 Å². The molecule has 164 valence electrons. The molecular weight excluding hydrogens is 406 g/mol. The van der Waals surface area contributed by atoms with E-state index >= 15 is 0 Å². The summed E-state index contributed by atoms with van der Waals surface area (Å²) in [5.41, 5.74) is 7.68. The van der Waals surface area contributed by atoms with Crippen molar-refractivity contribution >= 4 is 29.3 Å². The third-order valence-corrected chi connectivity index (χ3v) is 5.52. The molecule has 0 radical (unpaired) electrons. The zero-order chi connectivity index (χ0) is 23.0. The van der Waals surface area contributed by atoms with E-state index in [0.717, 1.165) is 39.5 Å². The van der Waals surface area contributed by atoms with E-state index in [9.17, 15) is 4.79 Å². The van der Waals surface area contributed by atoms with Crippen molar-refractivity contribution in [3.05, 3.63) is 69.0 Å². The Bertz CT molecular complexity index is 1040. The van der Waals surface area contributed by atoms with Gasteiger partial charge in [0.15, 0.2) is 0 Å². The van der Waals surface area contributed by atoms with Crippen LogP contribution in [0.3, 0.4) is 0 Å². The van der Waals surface area contributed by atoms with Gasteiger partial charge in [-0.3, -0.25) is 4.79 Å². The first-order valence-corrected chi connectivity index (χ1v) is 11.3. The molecule has 0 aliphatic carbocycles. The molecule has 31 heavy (non-hydrogen) atoms. The standard InChI is InChI=1S/C23H25N3O2S.C2H6/c1-15-5-7-18(8-6-15)21-13-29-22(25-21)11-19-9-17(3)20(10-16(19)2)24-14-26(4)12-23(27)28;1-2/h5-10,13-14H,11-12H2,1-4H3,(H,27,28);1-2H3. The van der Waals surface area contributed by atoms with Gasteiger partial charge in [0.1, 0.15) is 6.54 Å². The fourth-order valence-corrected chi connectivity index (χ4v) is 3.84. The predicted octanol–water partition coefficient (Wildman–Crippen LogP) is 6.03. The Kier molecular flexibility index (Phi) is 8.94. The Morgan fingerprint density at radius 3 is 2.45 bits per heavy atom. The molecule has 0 amide bonds. The van der Waals surface area contributed by atoms with Crippen molar-refractivity contribution in [2.24, 2.45) is 4.99 Å². The van der Waals surface area contributed by atoms with E-state index in [-0.39, 0.29) is 6.54 Å². The molecule has 0 spiro atoms. The van der Waals surface area contributed by atoms with Gasteiger partial charge >= 0.3 is 5.97 Å². The first-order valence-electron chi connectivity index (χ1n) is 10.4. The molecule has 0 aliphatic rings. The van der Waals surface area contributed by atoms with Crippen LogP contribution >= 0.6 is 11.3 Å². The SMILES string of the molecule is CC.Cc1ccc(-c2csc(Cc3cc(C)c(N=CN(C)CC(=O)O)cc3C)n2)cc1. The van der Waals surface area contributed by atoms with Gasteiger partial charge in [-0.2, -0.15) is 0 Å². The van der Waals surface area contributed by atoms with Crippen LogP contribution in [0.4, 0.5) is 5.69 Å². The van der Waals surface area contributed by atoms with Crippen molar-refractivity contribution in [1.29, 1.82) is 0 Å². The van der Waals surface area contributed by atoms with Crippen molar-refractivity contribution in [2.45, 2.75) is 41.0 Å². The van der Waals surface area contributed by atoms with E-state index in [1.54, 1.807) is 29.6 Å². The highest BCUT2D eigenvalue weighted by atomic mass is 32.1. The molecule has 2 aromatic carbocycles. The van der Waals surface area contributed by atoms with Gasteiger partial charge in [-0.1, -0.05) is 49.7 Å². The van der Waals surface area contributed by atoms with Crippen LogP contribution in [-0.4, -0.2) is 40.9 Å². The van der Waals surface area contributed by atoms with E-state index in [4.69, 9.17) is 10.1 Å². The third-order valence-electron chi connectivity index (χ3n) is 4.67. The first-order chi connectivity index (χ1) is 14.8. The number of nitrogens with zero attached hydrogens (tertiary/aromatic N) is 3. The molecule has 0 fully saturated rings. The van der Waals surface area contributed by atoms with Crippen molar-refractivity contribution in [3.63, 3.8) is 0 Å². The highest BCUT2D eigenvalue weighted by molar-refractivity contribution is 7.10. The zero-order valence-corrected chi connectivity index (χ0v) is 20.0. The molecule has 0 unspecified atom stereocenters. The number of aliphatic imine (C=N–C) groups is 1. The average Bonchev–Trinajstić information content (AvgIpc) is 3.19. The van der Waals surface area contributed by atoms with E-state index in [1.807, 2.05) is 26.8 Å². The Labute approximate surface area is 189 Å². The molecule has 0 saturated carbocycles. The van der Waals surface area contributed by atoms with Gasteiger partial charge < -0.3 is 10.0 Å². The van der Waals surface area contributed by atoms with Gasteiger partial charge in [0, 0.05) is 24.4 Å². The number of carboxylic acids is 1. The molecule has 1 N–H and O–H groups in total. The lowest BCUT2D eigenvalue weighted by molar-refractivity contribution is -0.137. The van der Waals surface area contributed by atoms with Crippen LogP contribution in [0.1, 0.15) is 41.1 Å². The number of carbonyl (C=O) groups is 1. The van der Waals surface area contributed by atoms with Crippen LogP contribution in [0.25, 0.3) is 11.3 Å². The van der Waals surface area contributed by atoms with Crippen LogP contribution < -0.4 is 0 Å². The smallest absolute Gasteiger partial charge is 0.323 e. The first kappa shape index (κ1) is 24.3. The van der Waals surface area contributed by atoms with Gasteiger partial charge in [-0.15, -0.1) is 11.3 Å². The average molecular weight is 438 g/mol. The zero-order valence-electron chi connectivity index (χ0n) is 19.1. The van der Waals surface area contributed by atoms with Crippen LogP contribution in [0.5, 0.6) is 0 Å². The highest BCUT2D eigenvalue weighted by Gasteiger charge is 2.09. The van der Waals surface area contributed by atoms with E-state index in [2.05, 4.69) is 54.6 Å². The molecule has 1 aromatic heterocycles. The Balaban J connectivity index is 0.00000166. The number of likely N-dealkylation sites (N-methyl/N-ethyl adjacent to an activating group) is 1. The topological polar surface area (TPSA) is 65.8 Å². The summed E-state index contributed by atoms with van der Waals surface area (Å²) in [5, 5.41) is 12.0. The molecule has 0 atom stereocenters. The molecule has 6 heteroatoms. The fourth-order valence-electron chi connectivity index (χ4n) is 3.02. The van der Waals surface area contributed by atoms with Gasteiger partial charge in [0.05, 0.1) is 22.7 Å². The number of hydrogen-bond acceptors (Lipinski definition) is 4. The van der Waals surface area contributed by atoms with Crippen LogP contribution in [0.15, 0.2) is 46.8 Å². The summed E-state index contributed by atoms with van der Waals surface area (Å²) >= 11 is 1.68. The molecule has 5 nitrogen and oxygen atoms in total. The van der Waals surface area contributed by atoms with Crippen molar-refractivity contribution < 1.29 is 9.90 Å². The Morgan fingerprint density at radius 2 is 1.81 bits per heavy atom. The van der Waals surface area contributed by atoms with Crippen LogP contribution in [0, 0.1) is 20.8 Å². The summed E-state index contributed by atoms with van der Waals surface area (Å²) in [6, 6.07) is 12.6. The molecule has 0 aliphatic heterocycles. The van der Waals surface area contributed by atoms with Crippen molar-refractivity contribution in [3.8, 4) is 11.3 Å². The minimum absolute atomic E-state index is 0.0764. The van der Waals surface area contributed by atoms with Gasteiger partial charge in [-0.05, 0) is 43.5 Å². The van der Waals surface area contributed by atoms with Crippen molar-refractivity contribution in [1.82, 2.24) is 9.88 Å². The number of carboxylic acid groups (broad SMARTS) is 1. The minimum atomic E-state index is -0.879. The van der Waals surface area contributed by atoms with E-state index in [0.29, 0.717) is 0 Å². The normalized spacial score (nSPS) is 10.6. The Morgan fingerprint density at radius 1 is 1.13 bits per heavy atom. The summed E-state index contributed by atoms with van der Waals surface area (Å²) in [5.74, 6) is -0.879. The molecular formula is C25H31N3O2S. The molecule has 3 aromatic rings. The summed E-state index contributed by atoms with van der Waals surface area (Å²) in [4.78, 5) is 21.6. The number of aliphatic carboxylic acids is 1. The Hall–Kier alpha value is -2.99. The molecule has 3 rings (SSSR count). The molecule has 1 heterocycles. The largest absolute Gasteiger partial charge is 0.480 e.